The molecule has 16 heavy (non-hydrogen) atoms. The van der Waals surface area contributed by atoms with Crippen molar-refractivity contribution in [3.05, 3.63) is 34.9 Å². The quantitative estimate of drug-likeness (QED) is 0.827. The van der Waals surface area contributed by atoms with Gasteiger partial charge in [-0.2, -0.15) is 0 Å². The highest BCUT2D eigenvalue weighted by atomic mass is 16.3. The third-order valence-electron chi connectivity index (χ3n) is 3.14. The second-order valence-electron chi connectivity index (χ2n) is 4.36. The van der Waals surface area contributed by atoms with Crippen molar-refractivity contribution in [3.63, 3.8) is 0 Å². The van der Waals surface area contributed by atoms with Gasteiger partial charge in [0.2, 0.25) is 5.91 Å². The minimum atomic E-state index is -0.415. The van der Waals surface area contributed by atoms with Gasteiger partial charge in [0.05, 0.1) is 0 Å². The second-order valence-corrected chi connectivity index (χ2v) is 4.36. The SMILES string of the molecule is CN(Cc1ccc2c(c1)CCC2)C(=O)CO. The lowest BCUT2D eigenvalue weighted by Gasteiger charge is -2.16. The van der Waals surface area contributed by atoms with Crippen LogP contribution in [-0.4, -0.2) is 29.6 Å². The highest BCUT2D eigenvalue weighted by Gasteiger charge is 2.12. The number of carbonyl (C=O) groups is 1. The molecule has 0 saturated heterocycles. The lowest BCUT2D eigenvalue weighted by molar-refractivity contribution is -0.133. The second kappa shape index (κ2) is 4.66. The van der Waals surface area contributed by atoms with Crippen LogP contribution in [0, 0.1) is 0 Å². The number of aliphatic hydroxyl groups is 1. The van der Waals surface area contributed by atoms with E-state index in [2.05, 4.69) is 18.2 Å². The van der Waals surface area contributed by atoms with Crippen LogP contribution in [-0.2, 0) is 24.2 Å². The summed E-state index contributed by atoms with van der Waals surface area (Å²) in [5.74, 6) is -0.236. The van der Waals surface area contributed by atoms with Gasteiger partial charge >= 0.3 is 0 Å². The van der Waals surface area contributed by atoms with Crippen LogP contribution in [0.1, 0.15) is 23.1 Å². The fraction of sp³-hybridized carbons (Fsp3) is 0.462. The third kappa shape index (κ3) is 2.25. The van der Waals surface area contributed by atoms with Crippen molar-refractivity contribution in [2.75, 3.05) is 13.7 Å². The Bertz CT molecular complexity index is 401. The number of benzene rings is 1. The van der Waals surface area contributed by atoms with Crippen LogP contribution < -0.4 is 0 Å². The van der Waals surface area contributed by atoms with Crippen LogP contribution >= 0.6 is 0 Å². The summed E-state index contributed by atoms with van der Waals surface area (Å²) in [6, 6.07) is 6.42. The van der Waals surface area contributed by atoms with Crippen molar-refractivity contribution in [1.29, 1.82) is 0 Å². The Morgan fingerprint density at radius 1 is 1.38 bits per heavy atom. The fourth-order valence-electron chi connectivity index (χ4n) is 2.21. The molecule has 3 heteroatoms. The van der Waals surface area contributed by atoms with E-state index in [1.54, 1.807) is 11.9 Å². The molecular weight excluding hydrogens is 202 g/mol. The molecule has 1 amide bonds. The van der Waals surface area contributed by atoms with Crippen LogP contribution in [0.15, 0.2) is 18.2 Å². The van der Waals surface area contributed by atoms with Gasteiger partial charge < -0.3 is 10.0 Å². The first-order valence-electron chi connectivity index (χ1n) is 5.66. The summed E-state index contributed by atoms with van der Waals surface area (Å²) in [4.78, 5) is 12.8. The lowest BCUT2D eigenvalue weighted by Crippen LogP contribution is -2.28. The lowest BCUT2D eigenvalue weighted by atomic mass is 10.1. The Morgan fingerprint density at radius 3 is 2.88 bits per heavy atom. The fourth-order valence-corrected chi connectivity index (χ4v) is 2.21. The molecule has 0 radical (unpaired) electrons. The maximum atomic E-state index is 11.2. The molecule has 1 aromatic rings. The van der Waals surface area contributed by atoms with E-state index in [-0.39, 0.29) is 5.91 Å². The number of fused-ring (bicyclic) bond motifs is 1. The molecule has 0 bridgehead atoms. The van der Waals surface area contributed by atoms with Gasteiger partial charge in [0.1, 0.15) is 6.61 Å². The Morgan fingerprint density at radius 2 is 2.12 bits per heavy atom. The summed E-state index contributed by atoms with van der Waals surface area (Å²) in [7, 11) is 1.71. The van der Waals surface area contributed by atoms with Gasteiger partial charge in [-0.25, -0.2) is 0 Å². The number of hydrogen-bond donors (Lipinski definition) is 1. The number of carbonyl (C=O) groups excluding carboxylic acids is 1. The number of hydrogen-bond acceptors (Lipinski definition) is 2. The highest BCUT2D eigenvalue weighted by Crippen LogP contribution is 2.23. The van der Waals surface area contributed by atoms with Crippen LogP contribution in [0.4, 0.5) is 0 Å². The van der Waals surface area contributed by atoms with E-state index in [1.165, 1.54) is 24.0 Å². The average molecular weight is 219 g/mol. The van der Waals surface area contributed by atoms with E-state index in [4.69, 9.17) is 5.11 Å². The molecule has 1 aliphatic carbocycles. The van der Waals surface area contributed by atoms with Crippen molar-refractivity contribution in [2.45, 2.75) is 25.8 Å². The van der Waals surface area contributed by atoms with Gasteiger partial charge in [-0.15, -0.1) is 0 Å². The van der Waals surface area contributed by atoms with Crippen molar-refractivity contribution in [3.8, 4) is 0 Å². The molecule has 0 aliphatic heterocycles. The molecule has 1 aliphatic rings. The number of aryl methyl sites for hydroxylation is 2. The van der Waals surface area contributed by atoms with Crippen molar-refractivity contribution in [2.24, 2.45) is 0 Å². The summed E-state index contributed by atoms with van der Waals surface area (Å²) >= 11 is 0. The zero-order valence-corrected chi connectivity index (χ0v) is 9.57. The van der Waals surface area contributed by atoms with E-state index in [1.807, 2.05) is 0 Å². The van der Waals surface area contributed by atoms with Gasteiger partial charge in [0, 0.05) is 13.6 Å². The molecule has 2 rings (SSSR count). The van der Waals surface area contributed by atoms with E-state index in [0.29, 0.717) is 6.54 Å². The normalized spacial score (nSPS) is 13.6. The van der Waals surface area contributed by atoms with E-state index in [0.717, 1.165) is 12.0 Å². The maximum absolute atomic E-state index is 11.2. The van der Waals surface area contributed by atoms with Crippen molar-refractivity contribution < 1.29 is 9.90 Å². The summed E-state index contributed by atoms with van der Waals surface area (Å²) in [6.45, 7) is 0.161. The van der Waals surface area contributed by atoms with E-state index >= 15 is 0 Å². The Hall–Kier alpha value is -1.35. The molecule has 0 atom stereocenters. The topological polar surface area (TPSA) is 40.5 Å². The first-order chi connectivity index (χ1) is 7.70. The summed E-state index contributed by atoms with van der Waals surface area (Å²) in [5, 5.41) is 8.75. The number of rotatable bonds is 3. The molecule has 1 aromatic carbocycles. The maximum Gasteiger partial charge on any atom is 0.248 e. The summed E-state index contributed by atoms with van der Waals surface area (Å²) in [6.07, 6.45) is 3.58. The predicted octanol–water partition coefficient (Wildman–Crippen LogP) is 1.13. The Labute approximate surface area is 95.7 Å². The molecule has 0 saturated carbocycles. The number of nitrogens with zero attached hydrogens (tertiary/aromatic N) is 1. The smallest absolute Gasteiger partial charge is 0.248 e. The molecule has 0 heterocycles. The van der Waals surface area contributed by atoms with Crippen LogP contribution in [0.2, 0.25) is 0 Å². The van der Waals surface area contributed by atoms with Crippen LogP contribution in [0.3, 0.4) is 0 Å². The van der Waals surface area contributed by atoms with Gasteiger partial charge in [0.15, 0.2) is 0 Å². The number of aliphatic hydroxyl groups excluding tert-OH is 1. The van der Waals surface area contributed by atoms with Crippen LogP contribution in [0.5, 0.6) is 0 Å². The van der Waals surface area contributed by atoms with Crippen molar-refractivity contribution in [1.82, 2.24) is 4.90 Å². The molecule has 0 unspecified atom stereocenters. The van der Waals surface area contributed by atoms with E-state index in [9.17, 15) is 4.79 Å². The first kappa shape index (κ1) is 11.1. The Kier molecular flexibility index (Phi) is 3.25. The van der Waals surface area contributed by atoms with Crippen LogP contribution in [0.25, 0.3) is 0 Å². The number of likely N-dealkylation sites (N-methyl/N-ethyl adjacent to an activating group) is 1. The minimum absolute atomic E-state index is 0.236. The molecular formula is C13H17NO2. The molecule has 0 fully saturated rings. The predicted molar refractivity (Wildman–Crippen MR) is 62.0 cm³/mol. The molecule has 3 nitrogen and oxygen atoms in total. The Balaban J connectivity index is 2.08. The standard InChI is InChI=1S/C13H17NO2/c1-14(13(16)9-15)8-10-5-6-11-3-2-4-12(11)7-10/h5-7,15H,2-4,8-9H2,1H3. The average Bonchev–Trinajstić information content (AvgIpc) is 2.75. The highest BCUT2D eigenvalue weighted by molar-refractivity contribution is 5.76. The van der Waals surface area contributed by atoms with Crippen molar-refractivity contribution >= 4 is 5.91 Å². The first-order valence-corrected chi connectivity index (χ1v) is 5.66. The summed E-state index contributed by atoms with van der Waals surface area (Å²) in [5.41, 5.74) is 4.01. The zero-order chi connectivity index (χ0) is 11.5. The summed E-state index contributed by atoms with van der Waals surface area (Å²) < 4.78 is 0. The molecule has 0 spiro atoms. The molecule has 0 aromatic heterocycles. The van der Waals surface area contributed by atoms with Gasteiger partial charge in [-0.1, -0.05) is 18.2 Å². The number of amides is 1. The van der Waals surface area contributed by atoms with Gasteiger partial charge in [-0.05, 0) is 36.0 Å². The molecule has 86 valence electrons. The van der Waals surface area contributed by atoms with Gasteiger partial charge in [-0.3, -0.25) is 4.79 Å². The largest absolute Gasteiger partial charge is 0.387 e. The minimum Gasteiger partial charge on any atom is -0.387 e. The monoisotopic (exact) mass is 219 g/mol. The third-order valence-corrected chi connectivity index (χ3v) is 3.14. The zero-order valence-electron chi connectivity index (χ0n) is 9.57. The van der Waals surface area contributed by atoms with Gasteiger partial charge in [0.25, 0.3) is 0 Å². The van der Waals surface area contributed by atoms with E-state index < -0.39 is 6.61 Å². The molecule has 1 N–H and O–H groups in total.